The van der Waals surface area contributed by atoms with Gasteiger partial charge >= 0.3 is 12.0 Å². The third-order valence-corrected chi connectivity index (χ3v) is 4.05. The summed E-state index contributed by atoms with van der Waals surface area (Å²) < 4.78 is 0. The second-order valence-corrected chi connectivity index (χ2v) is 5.86. The molecule has 1 saturated carbocycles. The van der Waals surface area contributed by atoms with Gasteiger partial charge in [0.05, 0.1) is 10.7 Å². The molecule has 1 aliphatic carbocycles. The molecule has 0 aliphatic heterocycles. The van der Waals surface area contributed by atoms with Crippen molar-refractivity contribution in [2.24, 2.45) is 0 Å². The van der Waals surface area contributed by atoms with E-state index in [1.807, 2.05) is 0 Å². The zero-order chi connectivity index (χ0) is 15.4. The summed E-state index contributed by atoms with van der Waals surface area (Å²) >= 11 is 11.8. The fraction of sp³-hybridized carbons (Fsp3) is 0.429. The Bertz CT molecular complexity index is 545. The van der Waals surface area contributed by atoms with E-state index in [4.69, 9.17) is 28.3 Å². The molecule has 2 rings (SSSR count). The Labute approximate surface area is 132 Å². The molecule has 1 aromatic rings. The minimum Gasteiger partial charge on any atom is -0.480 e. The van der Waals surface area contributed by atoms with Gasteiger partial charge in [-0.15, -0.1) is 0 Å². The van der Waals surface area contributed by atoms with Gasteiger partial charge in [0.15, 0.2) is 0 Å². The normalized spacial score (nSPS) is 15.0. The van der Waals surface area contributed by atoms with Crippen molar-refractivity contribution in [2.45, 2.75) is 31.7 Å². The third-order valence-electron chi connectivity index (χ3n) is 3.50. The summed E-state index contributed by atoms with van der Waals surface area (Å²) in [7, 11) is 0. The zero-order valence-corrected chi connectivity index (χ0v) is 12.8. The van der Waals surface area contributed by atoms with E-state index in [0.717, 1.165) is 25.7 Å². The molecule has 0 radical (unpaired) electrons. The Morgan fingerprint density at radius 2 is 1.95 bits per heavy atom. The van der Waals surface area contributed by atoms with Crippen molar-refractivity contribution in [3.63, 3.8) is 0 Å². The van der Waals surface area contributed by atoms with E-state index in [2.05, 4.69) is 5.32 Å². The molecule has 0 atom stereocenters. The van der Waals surface area contributed by atoms with Crippen molar-refractivity contribution >= 4 is 40.9 Å². The molecular weight excluding hydrogens is 315 g/mol. The van der Waals surface area contributed by atoms with Crippen LogP contribution in [-0.4, -0.2) is 34.6 Å². The minimum absolute atomic E-state index is 0.0350. The van der Waals surface area contributed by atoms with Crippen molar-refractivity contribution < 1.29 is 14.7 Å². The number of rotatable bonds is 4. The molecule has 0 heterocycles. The molecule has 2 N–H and O–H groups in total. The maximum atomic E-state index is 12.3. The second-order valence-electron chi connectivity index (χ2n) is 5.01. The van der Waals surface area contributed by atoms with Crippen LogP contribution in [0.2, 0.25) is 10.0 Å². The molecule has 2 amide bonds. The molecule has 21 heavy (non-hydrogen) atoms. The number of nitrogens with zero attached hydrogens (tertiary/aromatic N) is 1. The van der Waals surface area contributed by atoms with Crippen LogP contribution in [0, 0.1) is 0 Å². The van der Waals surface area contributed by atoms with E-state index in [-0.39, 0.29) is 12.6 Å². The van der Waals surface area contributed by atoms with E-state index in [1.165, 1.54) is 11.0 Å². The summed E-state index contributed by atoms with van der Waals surface area (Å²) in [6, 6.07) is 4.24. The van der Waals surface area contributed by atoms with Crippen molar-refractivity contribution in [2.75, 3.05) is 11.9 Å². The number of anilines is 1. The number of carboxylic acid groups (broad SMARTS) is 1. The summed E-state index contributed by atoms with van der Waals surface area (Å²) in [5.74, 6) is -1.03. The predicted molar refractivity (Wildman–Crippen MR) is 82.1 cm³/mol. The molecule has 0 bridgehead atoms. The van der Waals surface area contributed by atoms with Crippen LogP contribution >= 0.6 is 23.2 Å². The lowest BCUT2D eigenvalue weighted by molar-refractivity contribution is -0.138. The van der Waals surface area contributed by atoms with Gasteiger partial charge in [-0.2, -0.15) is 0 Å². The highest BCUT2D eigenvalue weighted by Gasteiger charge is 2.28. The summed E-state index contributed by atoms with van der Waals surface area (Å²) in [5.41, 5.74) is 0.416. The molecule has 1 fully saturated rings. The lowest BCUT2D eigenvalue weighted by Crippen LogP contribution is -2.44. The van der Waals surface area contributed by atoms with E-state index in [9.17, 15) is 9.59 Å². The number of hydrogen-bond acceptors (Lipinski definition) is 2. The van der Waals surface area contributed by atoms with Crippen LogP contribution in [0.25, 0.3) is 0 Å². The Morgan fingerprint density at radius 3 is 2.52 bits per heavy atom. The lowest BCUT2D eigenvalue weighted by atomic mass is 10.2. The zero-order valence-electron chi connectivity index (χ0n) is 11.3. The number of carbonyl (C=O) groups is 2. The number of aliphatic carboxylic acids is 1. The van der Waals surface area contributed by atoms with Crippen LogP contribution in [0.4, 0.5) is 10.5 Å². The average molecular weight is 331 g/mol. The number of urea groups is 1. The van der Waals surface area contributed by atoms with Crippen LogP contribution in [0.5, 0.6) is 0 Å². The molecule has 5 nitrogen and oxygen atoms in total. The highest BCUT2D eigenvalue weighted by molar-refractivity contribution is 6.36. The maximum Gasteiger partial charge on any atom is 0.323 e. The topological polar surface area (TPSA) is 69.6 Å². The van der Waals surface area contributed by atoms with Crippen LogP contribution in [-0.2, 0) is 4.79 Å². The molecule has 1 aliphatic rings. The number of carboxylic acids is 1. The van der Waals surface area contributed by atoms with E-state index < -0.39 is 12.0 Å². The number of halogens is 2. The standard InChI is InChI=1S/C14H16Cl2N2O3/c15-9-5-6-12(11(16)7-9)17-14(21)18(8-13(19)20)10-3-1-2-4-10/h5-7,10H,1-4,8H2,(H,17,21)(H,19,20). The minimum atomic E-state index is -1.03. The number of nitrogens with one attached hydrogen (secondary N) is 1. The van der Waals surface area contributed by atoms with Gasteiger partial charge in [-0.05, 0) is 31.0 Å². The Morgan fingerprint density at radius 1 is 1.29 bits per heavy atom. The van der Waals surface area contributed by atoms with E-state index in [0.29, 0.717) is 15.7 Å². The summed E-state index contributed by atoms with van der Waals surface area (Å²) in [4.78, 5) is 24.7. The lowest BCUT2D eigenvalue weighted by Gasteiger charge is -2.27. The molecular formula is C14H16Cl2N2O3. The predicted octanol–water partition coefficient (Wildman–Crippen LogP) is 3.85. The molecule has 7 heteroatoms. The summed E-state index contributed by atoms with van der Waals surface area (Å²) in [6.07, 6.45) is 3.68. The van der Waals surface area contributed by atoms with Gasteiger partial charge in [0.25, 0.3) is 0 Å². The smallest absolute Gasteiger partial charge is 0.323 e. The van der Waals surface area contributed by atoms with Gasteiger partial charge in [-0.25, -0.2) is 4.79 Å². The largest absolute Gasteiger partial charge is 0.480 e. The van der Waals surface area contributed by atoms with Crippen LogP contribution in [0.1, 0.15) is 25.7 Å². The highest BCUT2D eigenvalue weighted by atomic mass is 35.5. The summed E-state index contributed by atoms with van der Waals surface area (Å²) in [5, 5.41) is 12.4. The van der Waals surface area contributed by atoms with Gasteiger partial charge in [0.1, 0.15) is 6.54 Å². The monoisotopic (exact) mass is 330 g/mol. The number of benzene rings is 1. The highest BCUT2D eigenvalue weighted by Crippen LogP contribution is 2.27. The van der Waals surface area contributed by atoms with E-state index in [1.54, 1.807) is 12.1 Å². The number of amides is 2. The first-order chi connectivity index (χ1) is 9.97. The SMILES string of the molecule is O=C(O)CN(C(=O)Nc1ccc(Cl)cc1Cl)C1CCCC1. The quantitative estimate of drug-likeness (QED) is 0.880. The first kappa shape index (κ1) is 15.9. The Hall–Kier alpha value is -1.46. The fourth-order valence-electron chi connectivity index (χ4n) is 2.51. The average Bonchev–Trinajstić information content (AvgIpc) is 2.92. The van der Waals surface area contributed by atoms with Gasteiger partial charge in [-0.3, -0.25) is 4.79 Å². The molecule has 1 aromatic carbocycles. The van der Waals surface area contributed by atoms with Crippen LogP contribution in [0.15, 0.2) is 18.2 Å². The molecule has 0 unspecified atom stereocenters. The number of hydrogen-bond donors (Lipinski definition) is 2. The van der Waals surface area contributed by atoms with Crippen LogP contribution in [0.3, 0.4) is 0 Å². The fourth-order valence-corrected chi connectivity index (χ4v) is 2.96. The molecule has 0 saturated heterocycles. The third kappa shape index (κ3) is 4.25. The first-order valence-electron chi connectivity index (χ1n) is 6.72. The van der Waals surface area contributed by atoms with Gasteiger partial charge < -0.3 is 15.3 Å². The molecule has 0 spiro atoms. The van der Waals surface area contributed by atoms with E-state index >= 15 is 0 Å². The molecule has 0 aromatic heterocycles. The van der Waals surface area contributed by atoms with Crippen molar-refractivity contribution in [1.82, 2.24) is 4.90 Å². The Kier molecular flexibility index (Phi) is 5.31. The van der Waals surface area contributed by atoms with Crippen LogP contribution < -0.4 is 5.32 Å². The van der Waals surface area contributed by atoms with Gasteiger partial charge in [-0.1, -0.05) is 36.0 Å². The summed E-state index contributed by atoms with van der Waals surface area (Å²) in [6.45, 7) is -0.318. The van der Waals surface area contributed by atoms with Crippen molar-refractivity contribution in [3.05, 3.63) is 28.2 Å². The van der Waals surface area contributed by atoms with Gasteiger partial charge in [0, 0.05) is 11.1 Å². The van der Waals surface area contributed by atoms with Crippen molar-refractivity contribution in [1.29, 1.82) is 0 Å². The van der Waals surface area contributed by atoms with Gasteiger partial charge in [0.2, 0.25) is 0 Å². The maximum absolute atomic E-state index is 12.3. The Balaban J connectivity index is 2.11. The molecule has 114 valence electrons. The first-order valence-corrected chi connectivity index (χ1v) is 7.47. The second kappa shape index (κ2) is 7.00. The van der Waals surface area contributed by atoms with Crippen molar-refractivity contribution in [3.8, 4) is 0 Å². The number of carbonyl (C=O) groups excluding carboxylic acids is 1.